The maximum absolute atomic E-state index is 12.6. The molecule has 0 bridgehead atoms. The second-order valence-corrected chi connectivity index (χ2v) is 8.77. The van der Waals surface area contributed by atoms with Crippen molar-refractivity contribution in [3.05, 3.63) is 77.4 Å². The van der Waals surface area contributed by atoms with Crippen LogP contribution in [0.3, 0.4) is 0 Å². The van der Waals surface area contributed by atoms with Crippen molar-refractivity contribution in [1.29, 1.82) is 0 Å². The van der Waals surface area contributed by atoms with Gasteiger partial charge in [0.25, 0.3) is 0 Å². The molecule has 174 valence electrons. The summed E-state index contributed by atoms with van der Waals surface area (Å²) >= 11 is 0. The minimum atomic E-state index is -0.0345. The Morgan fingerprint density at radius 3 is 2.27 bits per heavy atom. The normalized spacial score (nSPS) is 17.9. The molecule has 2 aliphatic heterocycles. The smallest absolute Gasteiger partial charge is 0.246 e. The molecule has 2 heterocycles. The molecular weight excluding hydrogens is 414 g/mol. The largest absolute Gasteiger partial charge is 0.379 e. The molecule has 0 spiro atoms. The number of benzene rings is 2. The van der Waals surface area contributed by atoms with E-state index in [1.807, 2.05) is 41.3 Å². The Hall–Kier alpha value is -2.96. The first-order valence-electron chi connectivity index (χ1n) is 11.8. The number of hydrogen-bond donors (Lipinski definition) is 1. The zero-order valence-corrected chi connectivity index (χ0v) is 19.1. The predicted octanol–water partition coefficient (Wildman–Crippen LogP) is 3.09. The van der Waals surface area contributed by atoms with Crippen molar-refractivity contribution in [3.8, 4) is 0 Å². The highest BCUT2D eigenvalue weighted by atomic mass is 16.5. The van der Waals surface area contributed by atoms with Gasteiger partial charge < -0.3 is 15.0 Å². The van der Waals surface area contributed by atoms with Crippen LogP contribution in [0.25, 0.3) is 6.08 Å². The van der Waals surface area contributed by atoms with Crippen molar-refractivity contribution in [2.45, 2.75) is 25.9 Å². The molecule has 6 nitrogen and oxygen atoms in total. The van der Waals surface area contributed by atoms with Gasteiger partial charge in [0, 0.05) is 51.3 Å². The first-order chi connectivity index (χ1) is 16.2. The second kappa shape index (κ2) is 11.8. The quantitative estimate of drug-likeness (QED) is 0.663. The summed E-state index contributed by atoms with van der Waals surface area (Å²) in [5.41, 5.74) is 3.40. The Labute approximate surface area is 196 Å². The third-order valence-corrected chi connectivity index (χ3v) is 6.39. The lowest BCUT2D eigenvalue weighted by Gasteiger charge is -2.30. The number of amides is 2. The molecule has 4 rings (SSSR count). The van der Waals surface area contributed by atoms with Crippen LogP contribution in [0.1, 0.15) is 29.5 Å². The van der Waals surface area contributed by atoms with Crippen LogP contribution in [0, 0.1) is 5.92 Å². The molecule has 2 aliphatic rings. The van der Waals surface area contributed by atoms with Gasteiger partial charge in [0.05, 0.1) is 13.2 Å². The van der Waals surface area contributed by atoms with Crippen LogP contribution >= 0.6 is 0 Å². The van der Waals surface area contributed by atoms with Gasteiger partial charge in [0.15, 0.2) is 0 Å². The van der Waals surface area contributed by atoms with Crippen molar-refractivity contribution in [1.82, 2.24) is 15.1 Å². The van der Waals surface area contributed by atoms with E-state index in [1.54, 1.807) is 6.08 Å². The summed E-state index contributed by atoms with van der Waals surface area (Å²) in [6.45, 7) is 6.28. The number of rotatable bonds is 7. The van der Waals surface area contributed by atoms with Gasteiger partial charge in [-0.25, -0.2) is 0 Å². The van der Waals surface area contributed by atoms with Crippen molar-refractivity contribution in [3.63, 3.8) is 0 Å². The van der Waals surface area contributed by atoms with E-state index < -0.39 is 0 Å². The van der Waals surface area contributed by atoms with Crippen LogP contribution in [0.5, 0.6) is 0 Å². The lowest BCUT2D eigenvalue weighted by molar-refractivity contribution is -0.132. The Morgan fingerprint density at radius 2 is 1.58 bits per heavy atom. The van der Waals surface area contributed by atoms with Gasteiger partial charge >= 0.3 is 0 Å². The zero-order valence-electron chi connectivity index (χ0n) is 19.1. The Kier molecular flexibility index (Phi) is 8.28. The molecule has 2 amide bonds. The summed E-state index contributed by atoms with van der Waals surface area (Å²) < 4.78 is 5.40. The van der Waals surface area contributed by atoms with Gasteiger partial charge in [-0.05, 0) is 35.6 Å². The SMILES string of the molecule is O=C(NCc1ccc(CN2CCOCC2)cc1)C1CCN(C(=O)/C=C/c2ccccc2)CC1. The van der Waals surface area contributed by atoms with Gasteiger partial charge in [-0.1, -0.05) is 54.6 Å². The summed E-state index contributed by atoms with van der Waals surface area (Å²) in [6, 6.07) is 18.3. The Morgan fingerprint density at radius 1 is 0.909 bits per heavy atom. The highest BCUT2D eigenvalue weighted by Crippen LogP contribution is 2.18. The van der Waals surface area contributed by atoms with E-state index in [-0.39, 0.29) is 17.7 Å². The molecule has 6 heteroatoms. The summed E-state index contributed by atoms with van der Waals surface area (Å²) in [7, 11) is 0. The van der Waals surface area contributed by atoms with Crippen molar-refractivity contribution in [2.75, 3.05) is 39.4 Å². The van der Waals surface area contributed by atoms with E-state index >= 15 is 0 Å². The number of nitrogens with zero attached hydrogens (tertiary/aromatic N) is 2. The molecule has 2 fully saturated rings. The number of carbonyl (C=O) groups excluding carboxylic acids is 2. The number of ether oxygens (including phenoxy) is 1. The Balaban J connectivity index is 1.18. The number of nitrogens with one attached hydrogen (secondary N) is 1. The van der Waals surface area contributed by atoms with Crippen LogP contribution in [-0.4, -0.2) is 61.0 Å². The number of piperidine rings is 1. The number of likely N-dealkylation sites (tertiary alicyclic amines) is 1. The molecule has 0 radical (unpaired) electrons. The van der Waals surface area contributed by atoms with Crippen molar-refractivity contribution < 1.29 is 14.3 Å². The monoisotopic (exact) mass is 447 g/mol. The van der Waals surface area contributed by atoms with Crippen molar-refractivity contribution >= 4 is 17.9 Å². The molecule has 2 aromatic carbocycles. The van der Waals surface area contributed by atoms with Gasteiger partial charge in [-0.2, -0.15) is 0 Å². The van der Waals surface area contributed by atoms with E-state index in [0.717, 1.165) is 44.0 Å². The van der Waals surface area contributed by atoms with Gasteiger partial charge in [0.2, 0.25) is 11.8 Å². The van der Waals surface area contributed by atoms with Crippen LogP contribution in [-0.2, 0) is 27.4 Å². The maximum atomic E-state index is 12.6. The third kappa shape index (κ3) is 7.01. The summed E-state index contributed by atoms with van der Waals surface area (Å²) in [5.74, 6) is 0.0574. The van der Waals surface area contributed by atoms with Crippen LogP contribution in [0.15, 0.2) is 60.7 Å². The van der Waals surface area contributed by atoms with Crippen LogP contribution in [0.4, 0.5) is 0 Å². The van der Waals surface area contributed by atoms with E-state index in [9.17, 15) is 9.59 Å². The summed E-state index contributed by atoms with van der Waals surface area (Å²) in [4.78, 5) is 29.3. The second-order valence-electron chi connectivity index (χ2n) is 8.77. The van der Waals surface area contributed by atoms with E-state index in [1.165, 1.54) is 5.56 Å². The third-order valence-electron chi connectivity index (χ3n) is 6.39. The standard InChI is InChI=1S/C27H33N3O3/c31-26(11-10-22-4-2-1-3-5-22)30-14-12-25(13-15-30)27(32)28-20-23-6-8-24(9-7-23)21-29-16-18-33-19-17-29/h1-11,25H,12-21H2,(H,28,32)/b11-10+. The first-order valence-corrected chi connectivity index (χ1v) is 11.8. The minimum absolute atomic E-state index is 0.00915. The number of morpholine rings is 1. The van der Waals surface area contributed by atoms with Crippen molar-refractivity contribution in [2.24, 2.45) is 5.92 Å². The first kappa shape index (κ1) is 23.2. The lowest BCUT2D eigenvalue weighted by Crippen LogP contribution is -2.42. The zero-order chi connectivity index (χ0) is 22.9. The molecule has 0 aliphatic carbocycles. The van der Waals surface area contributed by atoms with E-state index in [0.29, 0.717) is 32.5 Å². The Bertz CT molecular complexity index is 929. The fraction of sp³-hybridized carbons (Fsp3) is 0.407. The highest BCUT2D eigenvalue weighted by Gasteiger charge is 2.26. The fourth-order valence-electron chi connectivity index (χ4n) is 4.31. The highest BCUT2D eigenvalue weighted by molar-refractivity contribution is 5.92. The topological polar surface area (TPSA) is 61.9 Å². The number of carbonyl (C=O) groups is 2. The van der Waals surface area contributed by atoms with Gasteiger partial charge in [-0.15, -0.1) is 0 Å². The maximum Gasteiger partial charge on any atom is 0.246 e. The van der Waals surface area contributed by atoms with Gasteiger partial charge in [0.1, 0.15) is 0 Å². The van der Waals surface area contributed by atoms with E-state index in [4.69, 9.17) is 4.74 Å². The number of hydrogen-bond acceptors (Lipinski definition) is 4. The molecular formula is C27H33N3O3. The average Bonchev–Trinajstić information content (AvgIpc) is 2.88. The molecule has 1 N–H and O–H groups in total. The molecule has 0 unspecified atom stereocenters. The molecule has 33 heavy (non-hydrogen) atoms. The lowest BCUT2D eigenvalue weighted by atomic mass is 9.95. The minimum Gasteiger partial charge on any atom is -0.379 e. The van der Waals surface area contributed by atoms with E-state index in [2.05, 4.69) is 34.5 Å². The fourth-order valence-corrected chi connectivity index (χ4v) is 4.31. The molecule has 2 aromatic rings. The van der Waals surface area contributed by atoms with Gasteiger partial charge in [-0.3, -0.25) is 14.5 Å². The summed E-state index contributed by atoms with van der Waals surface area (Å²) in [6.07, 6.45) is 4.87. The summed E-state index contributed by atoms with van der Waals surface area (Å²) in [5, 5.41) is 3.08. The predicted molar refractivity (Wildman–Crippen MR) is 129 cm³/mol. The molecule has 0 aromatic heterocycles. The molecule has 0 saturated carbocycles. The average molecular weight is 448 g/mol. The van der Waals surface area contributed by atoms with Crippen LogP contribution < -0.4 is 5.32 Å². The van der Waals surface area contributed by atoms with Crippen LogP contribution in [0.2, 0.25) is 0 Å². The molecule has 2 saturated heterocycles. The molecule has 0 atom stereocenters.